The predicted octanol–water partition coefficient (Wildman–Crippen LogP) is 0.759. The maximum Gasteiger partial charge on any atom is 0.280 e. The van der Waals surface area contributed by atoms with Crippen LogP contribution < -0.4 is 16.0 Å². The van der Waals surface area contributed by atoms with Crippen molar-refractivity contribution in [2.24, 2.45) is 0 Å². The molecule has 2 heterocycles. The number of aromatic amines is 1. The minimum absolute atomic E-state index is 0.0786. The van der Waals surface area contributed by atoms with Crippen LogP contribution in [0.1, 0.15) is 5.56 Å². The van der Waals surface area contributed by atoms with Crippen LogP contribution in [-0.2, 0) is 6.54 Å². The van der Waals surface area contributed by atoms with Crippen molar-refractivity contribution in [3.63, 3.8) is 0 Å². The van der Waals surface area contributed by atoms with Crippen LogP contribution in [0.5, 0.6) is 5.75 Å². The molecule has 0 saturated carbocycles. The Morgan fingerprint density at radius 2 is 2.30 bits per heavy atom. The molecule has 0 unspecified atom stereocenters. The Balaban J connectivity index is 2.04. The topological polar surface area (TPSA) is 98.8 Å². The van der Waals surface area contributed by atoms with Gasteiger partial charge < -0.3 is 15.0 Å². The third-order valence-electron chi connectivity index (χ3n) is 2.98. The van der Waals surface area contributed by atoms with Gasteiger partial charge in [0.25, 0.3) is 5.56 Å². The van der Waals surface area contributed by atoms with Crippen molar-refractivity contribution in [3.8, 4) is 5.75 Å². The third kappa shape index (κ3) is 2.09. The zero-order valence-electron chi connectivity index (χ0n) is 10.8. The fourth-order valence-electron chi connectivity index (χ4n) is 2.05. The number of methoxy groups -OCH3 is 1. The van der Waals surface area contributed by atoms with E-state index < -0.39 is 0 Å². The molecule has 7 heteroatoms. The summed E-state index contributed by atoms with van der Waals surface area (Å²) >= 11 is 0. The molecule has 0 aliphatic carbocycles. The normalized spacial score (nSPS) is 10.8. The number of fused-ring (bicyclic) bond motifs is 1. The van der Waals surface area contributed by atoms with E-state index in [1.54, 1.807) is 18.0 Å². The summed E-state index contributed by atoms with van der Waals surface area (Å²) in [6.45, 7) is 0.531. The molecule has 0 aliphatic heterocycles. The van der Waals surface area contributed by atoms with Gasteiger partial charge in [0.15, 0.2) is 11.2 Å². The largest absolute Gasteiger partial charge is 0.497 e. The summed E-state index contributed by atoms with van der Waals surface area (Å²) in [5.41, 5.74) is 6.99. The van der Waals surface area contributed by atoms with Crippen molar-refractivity contribution in [2.75, 3.05) is 12.8 Å². The number of imidazole rings is 1. The van der Waals surface area contributed by atoms with Gasteiger partial charge in [-0.2, -0.15) is 4.98 Å². The van der Waals surface area contributed by atoms with E-state index in [-0.39, 0.29) is 17.0 Å². The number of hydrogen-bond acceptors (Lipinski definition) is 5. The molecule has 0 atom stereocenters. The van der Waals surface area contributed by atoms with Crippen molar-refractivity contribution < 1.29 is 4.74 Å². The highest BCUT2D eigenvalue weighted by Gasteiger charge is 2.09. The van der Waals surface area contributed by atoms with Crippen LogP contribution in [0.25, 0.3) is 11.2 Å². The number of anilines is 1. The lowest BCUT2D eigenvalue weighted by molar-refractivity contribution is 0.414. The van der Waals surface area contributed by atoms with Crippen LogP contribution in [0.15, 0.2) is 35.4 Å². The highest BCUT2D eigenvalue weighted by Crippen LogP contribution is 2.15. The number of ether oxygens (including phenoxy) is 1. The molecule has 0 saturated heterocycles. The molecule has 3 aromatic rings. The predicted molar refractivity (Wildman–Crippen MR) is 74.7 cm³/mol. The Bertz CT molecular complexity index is 821. The standard InChI is InChI=1S/C13H13N5O2/c1-20-9-4-2-3-8(5-9)6-18-7-15-10-11(18)16-13(14)17-12(10)19/h2-5,7H,6H2,1H3,(H3,14,16,17,19). The van der Waals surface area contributed by atoms with E-state index in [2.05, 4.69) is 15.0 Å². The molecule has 1 aromatic carbocycles. The average molecular weight is 271 g/mol. The zero-order valence-corrected chi connectivity index (χ0v) is 10.8. The lowest BCUT2D eigenvalue weighted by Crippen LogP contribution is -2.12. The fourth-order valence-corrected chi connectivity index (χ4v) is 2.05. The summed E-state index contributed by atoms with van der Waals surface area (Å²) in [5.74, 6) is 0.854. The molecule has 20 heavy (non-hydrogen) atoms. The van der Waals surface area contributed by atoms with Gasteiger partial charge in [0.05, 0.1) is 20.0 Å². The molecule has 0 spiro atoms. The van der Waals surface area contributed by atoms with E-state index in [1.807, 2.05) is 24.3 Å². The second kappa shape index (κ2) is 4.69. The maximum atomic E-state index is 11.7. The van der Waals surface area contributed by atoms with Crippen LogP contribution in [0.3, 0.4) is 0 Å². The first kappa shape index (κ1) is 12.2. The van der Waals surface area contributed by atoms with Crippen LogP contribution in [-0.4, -0.2) is 26.6 Å². The Morgan fingerprint density at radius 3 is 3.10 bits per heavy atom. The highest BCUT2D eigenvalue weighted by molar-refractivity contribution is 5.70. The van der Waals surface area contributed by atoms with Crippen molar-refractivity contribution in [3.05, 3.63) is 46.5 Å². The minimum Gasteiger partial charge on any atom is -0.497 e. The van der Waals surface area contributed by atoms with Gasteiger partial charge in [-0.1, -0.05) is 12.1 Å². The number of benzene rings is 1. The van der Waals surface area contributed by atoms with Gasteiger partial charge in [0.1, 0.15) is 5.75 Å². The van der Waals surface area contributed by atoms with Crippen molar-refractivity contribution in [1.82, 2.24) is 19.5 Å². The molecular weight excluding hydrogens is 258 g/mol. The Hall–Kier alpha value is -2.83. The van der Waals surface area contributed by atoms with Gasteiger partial charge in [-0.15, -0.1) is 0 Å². The number of aromatic nitrogens is 4. The number of rotatable bonds is 3. The average Bonchev–Trinajstić information content (AvgIpc) is 2.82. The Kier molecular flexibility index (Phi) is 2.86. The summed E-state index contributed by atoms with van der Waals surface area (Å²) in [6, 6.07) is 7.66. The number of H-pyrrole nitrogens is 1. The maximum absolute atomic E-state index is 11.7. The van der Waals surface area contributed by atoms with E-state index in [4.69, 9.17) is 10.5 Å². The summed E-state index contributed by atoms with van der Waals surface area (Å²) in [6.07, 6.45) is 1.58. The quantitative estimate of drug-likeness (QED) is 0.732. The van der Waals surface area contributed by atoms with Crippen molar-refractivity contribution >= 4 is 17.1 Å². The molecule has 3 N–H and O–H groups in total. The summed E-state index contributed by atoms with van der Waals surface area (Å²) in [7, 11) is 1.62. The minimum atomic E-state index is -0.336. The SMILES string of the molecule is COc1cccc(Cn2cnc3c(=O)[nH]c(N)nc32)c1. The lowest BCUT2D eigenvalue weighted by Gasteiger charge is -2.06. The first-order valence-electron chi connectivity index (χ1n) is 6.01. The summed E-state index contributed by atoms with van der Waals surface area (Å²) < 4.78 is 6.96. The fraction of sp³-hybridized carbons (Fsp3) is 0.154. The third-order valence-corrected chi connectivity index (χ3v) is 2.98. The first-order valence-corrected chi connectivity index (χ1v) is 6.01. The molecule has 7 nitrogen and oxygen atoms in total. The summed E-state index contributed by atoms with van der Waals surface area (Å²) in [4.78, 5) is 22.3. The van der Waals surface area contributed by atoms with E-state index >= 15 is 0 Å². The first-order chi connectivity index (χ1) is 9.67. The summed E-state index contributed by atoms with van der Waals surface area (Å²) in [5, 5.41) is 0. The zero-order chi connectivity index (χ0) is 14.1. The van der Waals surface area contributed by atoms with E-state index in [0.29, 0.717) is 12.2 Å². The Labute approximate surface area is 114 Å². The van der Waals surface area contributed by atoms with Gasteiger partial charge >= 0.3 is 0 Å². The van der Waals surface area contributed by atoms with Crippen LogP contribution in [0.2, 0.25) is 0 Å². The number of hydrogen-bond donors (Lipinski definition) is 2. The molecule has 0 radical (unpaired) electrons. The molecule has 0 fully saturated rings. The molecule has 102 valence electrons. The van der Waals surface area contributed by atoms with Gasteiger partial charge in [0, 0.05) is 0 Å². The molecule has 0 aliphatic rings. The second-order valence-electron chi connectivity index (χ2n) is 4.35. The number of nitrogens with two attached hydrogens (primary N) is 1. The van der Waals surface area contributed by atoms with Crippen LogP contribution >= 0.6 is 0 Å². The highest BCUT2D eigenvalue weighted by atomic mass is 16.5. The van der Waals surface area contributed by atoms with Crippen molar-refractivity contribution in [2.45, 2.75) is 6.54 Å². The lowest BCUT2D eigenvalue weighted by atomic mass is 10.2. The van der Waals surface area contributed by atoms with Crippen LogP contribution in [0.4, 0.5) is 5.95 Å². The Morgan fingerprint density at radius 1 is 1.45 bits per heavy atom. The molecule has 0 amide bonds. The van der Waals surface area contributed by atoms with Gasteiger partial charge in [-0.25, -0.2) is 4.98 Å². The van der Waals surface area contributed by atoms with E-state index in [9.17, 15) is 4.79 Å². The van der Waals surface area contributed by atoms with Gasteiger partial charge in [-0.3, -0.25) is 9.78 Å². The van der Waals surface area contributed by atoms with Gasteiger partial charge in [0.2, 0.25) is 5.95 Å². The number of nitrogens with zero attached hydrogens (tertiary/aromatic N) is 3. The van der Waals surface area contributed by atoms with Crippen LogP contribution in [0, 0.1) is 0 Å². The molecule has 3 rings (SSSR count). The smallest absolute Gasteiger partial charge is 0.280 e. The molecular formula is C13H13N5O2. The molecule has 2 aromatic heterocycles. The van der Waals surface area contributed by atoms with E-state index in [0.717, 1.165) is 11.3 Å². The number of nitrogen functional groups attached to an aromatic ring is 1. The molecule has 0 bridgehead atoms. The number of nitrogens with one attached hydrogen (secondary N) is 1. The second-order valence-corrected chi connectivity index (χ2v) is 4.35. The van der Waals surface area contributed by atoms with Crippen molar-refractivity contribution in [1.29, 1.82) is 0 Å². The monoisotopic (exact) mass is 271 g/mol. The van der Waals surface area contributed by atoms with Gasteiger partial charge in [-0.05, 0) is 17.7 Å². The van der Waals surface area contributed by atoms with E-state index in [1.165, 1.54) is 0 Å².